The lowest BCUT2D eigenvalue weighted by atomic mass is 9.84. The Balaban J connectivity index is 1.73. The van der Waals surface area contributed by atoms with Crippen LogP contribution in [0.4, 0.5) is 0 Å². The minimum absolute atomic E-state index is 0.0173. The van der Waals surface area contributed by atoms with Gasteiger partial charge in [-0.1, -0.05) is 90.5 Å². The van der Waals surface area contributed by atoms with Gasteiger partial charge in [0.05, 0.1) is 5.54 Å². The van der Waals surface area contributed by atoms with Crippen LogP contribution in [0.25, 0.3) is 0 Å². The number of carbonyl (C=O) groups excluding carboxylic acids is 2. The fraction of sp³-hybridized carbons (Fsp3) is 0.200. The van der Waals surface area contributed by atoms with Crippen LogP contribution in [0.1, 0.15) is 46.8 Å². The second-order valence-electron chi connectivity index (χ2n) is 7.19. The molecular formula is C25H25NO2. The topological polar surface area (TPSA) is 46.2 Å². The highest BCUT2D eigenvalue weighted by atomic mass is 16.2. The number of rotatable bonds is 7. The lowest BCUT2D eigenvalue weighted by Crippen LogP contribution is -2.44. The van der Waals surface area contributed by atoms with Gasteiger partial charge in [0.2, 0.25) is 5.91 Å². The molecule has 3 rings (SSSR count). The molecule has 0 atom stereocenters. The zero-order valence-electron chi connectivity index (χ0n) is 16.3. The summed E-state index contributed by atoms with van der Waals surface area (Å²) in [5, 5.41) is 3.15. The first-order chi connectivity index (χ1) is 13.5. The lowest BCUT2D eigenvalue weighted by molar-refractivity contribution is -0.122. The summed E-state index contributed by atoms with van der Waals surface area (Å²) in [5.74, 6) is -0.160. The zero-order chi connectivity index (χ0) is 20.0. The molecule has 0 aliphatic rings. The molecule has 0 saturated heterocycles. The maximum atomic E-state index is 12.7. The van der Waals surface area contributed by atoms with Gasteiger partial charge in [0.15, 0.2) is 5.78 Å². The fourth-order valence-electron chi connectivity index (χ4n) is 3.31. The first kappa shape index (κ1) is 19.6. The van der Waals surface area contributed by atoms with E-state index in [0.29, 0.717) is 5.56 Å². The molecule has 1 N–H and O–H groups in total. The van der Waals surface area contributed by atoms with Gasteiger partial charge in [-0.25, -0.2) is 0 Å². The van der Waals surface area contributed by atoms with Crippen LogP contribution in [0.5, 0.6) is 0 Å². The average Bonchev–Trinajstić information content (AvgIpc) is 2.73. The number of aryl methyl sites for hydroxylation is 1. The third-order valence-corrected chi connectivity index (χ3v) is 5.04. The molecule has 142 valence electrons. The second-order valence-corrected chi connectivity index (χ2v) is 7.19. The van der Waals surface area contributed by atoms with Crippen molar-refractivity contribution in [2.75, 3.05) is 0 Å². The van der Waals surface area contributed by atoms with Crippen molar-refractivity contribution >= 4 is 11.7 Å². The molecule has 0 aliphatic carbocycles. The quantitative estimate of drug-likeness (QED) is 0.592. The number of hydrogen-bond donors (Lipinski definition) is 1. The summed E-state index contributed by atoms with van der Waals surface area (Å²) in [7, 11) is 0. The van der Waals surface area contributed by atoms with E-state index in [4.69, 9.17) is 0 Å². The largest absolute Gasteiger partial charge is 0.343 e. The van der Waals surface area contributed by atoms with Gasteiger partial charge in [-0.3, -0.25) is 9.59 Å². The number of Topliss-reactive ketones (excluding diaryl/α,β-unsaturated/α-hetero) is 1. The molecule has 0 unspecified atom stereocenters. The van der Waals surface area contributed by atoms with E-state index in [9.17, 15) is 9.59 Å². The Labute approximate surface area is 166 Å². The van der Waals surface area contributed by atoms with Crippen molar-refractivity contribution in [3.63, 3.8) is 0 Å². The van der Waals surface area contributed by atoms with Gasteiger partial charge in [-0.2, -0.15) is 0 Å². The Morgan fingerprint density at radius 2 is 1.25 bits per heavy atom. The van der Waals surface area contributed by atoms with Crippen molar-refractivity contribution in [2.24, 2.45) is 0 Å². The van der Waals surface area contributed by atoms with Crippen molar-refractivity contribution in [2.45, 2.75) is 32.2 Å². The Hall–Kier alpha value is -3.20. The van der Waals surface area contributed by atoms with Gasteiger partial charge in [0, 0.05) is 18.4 Å². The van der Waals surface area contributed by atoms with E-state index in [0.717, 1.165) is 16.7 Å². The Morgan fingerprint density at radius 3 is 1.75 bits per heavy atom. The molecule has 3 aromatic rings. The molecule has 0 radical (unpaired) electrons. The van der Waals surface area contributed by atoms with Crippen LogP contribution in [0.2, 0.25) is 0 Å². The van der Waals surface area contributed by atoms with Crippen molar-refractivity contribution in [1.29, 1.82) is 0 Å². The molecule has 3 nitrogen and oxygen atoms in total. The summed E-state index contributed by atoms with van der Waals surface area (Å²) < 4.78 is 0. The second kappa shape index (κ2) is 8.66. The SMILES string of the molecule is Cc1ccc(C(=O)CCC(=O)NC(C)(c2ccccc2)c2ccccc2)cc1. The molecule has 0 bridgehead atoms. The van der Waals surface area contributed by atoms with Crippen LogP contribution in [0, 0.1) is 6.92 Å². The Kier molecular flexibility index (Phi) is 6.05. The highest BCUT2D eigenvalue weighted by Crippen LogP contribution is 2.29. The van der Waals surface area contributed by atoms with Crippen LogP contribution >= 0.6 is 0 Å². The summed E-state index contributed by atoms with van der Waals surface area (Å²) in [5.41, 5.74) is 3.09. The third-order valence-electron chi connectivity index (χ3n) is 5.04. The van der Waals surface area contributed by atoms with Crippen LogP contribution in [0.3, 0.4) is 0 Å². The molecule has 0 saturated carbocycles. The van der Waals surface area contributed by atoms with E-state index in [1.165, 1.54) is 0 Å². The summed E-state index contributed by atoms with van der Waals surface area (Å²) in [4.78, 5) is 25.1. The van der Waals surface area contributed by atoms with Crippen molar-refractivity contribution < 1.29 is 9.59 Å². The first-order valence-electron chi connectivity index (χ1n) is 9.51. The predicted molar refractivity (Wildman–Crippen MR) is 112 cm³/mol. The summed E-state index contributed by atoms with van der Waals surface area (Å²) >= 11 is 0. The molecular weight excluding hydrogens is 346 g/mol. The number of benzene rings is 3. The van der Waals surface area contributed by atoms with Crippen LogP contribution < -0.4 is 5.32 Å². The maximum Gasteiger partial charge on any atom is 0.221 e. The van der Waals surface area contributed by atoms with Gasteiger partial charge >= 0.3 is 0 Å². The molecule has 0 fully saturated rings. The lowest BCUT2D eigenvalue weighted by Gasteiger charge is -2.32. The Bertz CT molecular complexity index is 892. The normalized spacial score (nSPS) is 11.1. The minimum Gasteiger partial charge on any atom is -0.343 e. The van der Waals surface area contributed by atoms with Gasteiger partial charge < -0.3 is 5.32 Å². The molecule has 28 heavy (non-hydrogen) atoms. The highest BCUT2D eigenvalue weighted by molar-refractivity contribution is 5.98. The number of amides is 1. The highest BCUT2D eigenvalue weighted by Gasteiger charge is 2.30. The van der Waals surface area contributed by atoms with Crippen LogP contribution in [-0.2, 0) is 10.3 Å². The van der Waals surface area contributed by atoms with E-state index < -0.39 is 5.54 Å². The van der Waals surface area contributed by atoms with E-state index in [1.807, 2.05) is 98.8 Å². The number of carbonyl (C=O) groups is 2. The molecule has 3 heteroatoms. The number of nitrogens with one attached hydrogen (secondary N) is 1. The number of hydrogen-bond acceptors (Lipinski definition) is 2. The van der Waals surface area contributed by atoms with E-state index in [1.54, 1.807) is 0 Å². The molecule has 0 spiro atoms. The molecule has 0 aliphatic heterocycles. The van der Waals surface area contributed by atoms with E-state index >= 15 is 0 Å². The molecule has 0 heterocycles. The predicted octanol–water partition coefficient (Wildman–Crippen LogP) is 5.04. The van der Waals surface area contributed by atoms with Crippen molar-refractivity contribution in [3.05, 3.63) is 107 Å². The number of ketones is 1. The maximum absolute atomic E-state index is 12.7. The van der Waals surface area contributed by atoms with E-state index in [-0.39, 0.29) is 24.5 Å². The standard InChI is InChI=1S/C25H25NO2/c1-19-13-15-20(16-14-19)23(27)17-18-24(28)26-25(2,21-9-5-3-6-10-21)22-11-7-4-8-12-22/h3-16H,17-18H2,1-2H3,(H,26,28). The zero-order valence-corrected chi connectivity index (χ0v) is 16.3. The molecule has 0 aromatic heterocycles. The average molecular weight is 371 g/mol. The molecule has 3 aromatic carbocycles. The molecule has 1 amide bonds. The van der Waals surface area contributed by atoms with Gasteiger partial charge in [-0.15, -0.1) is 0 Å². The summed E-state index contributed by atoms with van der Waals surface area (Å²) in [6.45, 7) is 3.98. The van der Waals surface area contributed by atoms with Gasteiger partial charge in [-0.05, 0) is 25.0 Å². The summed E-state index contributed by atoms with van der Waals surface area (Å²) in [6, 6.07) is 27.2. The monoisotopic (exact) mass is 371 g/mol. The Morgan fingerprint density at radius 1 is 0.750 bits per heavy atom. The van der Waals surface area contributed by atoms with E-state index in [2.05, 4.69) is 5.32 Å². The first-order valence-corrected chi connectivity index (χ1v) is 9.51. The third kappa shape index (κ3) is 4.55. The summed E-state index contributed by atoms with van der Waals surface area (Å²) in [6.07, 6.45) is 0.344. The minimum atomic E-state index is -0.660. The van der Waals surface area contributed by atoms with Crippen LogP contribution in [0.15, 0.2) is 84.9 Å². The smallest absolute Gasteiger partial charge is 0.221 e. The fourth-order valence-corrected chi connectivity index (χ4v) is 3.31. The van der Waals surface area contributed by atoms with Gasteiger partial charge in [0.1, 0.15) is 0 Å². The van der Waals surface area contributed by atoms with Gasteiger partial charge in [0.25, 0.3) is 0 Å². The van der Waals surface area contributed by atoms with Crippen molar-refractivity contribution in [1.82, 2.24) is 5.32 Å². The van der Waals surface area contributed by atoms with Crippen LogP contribution in [-0.4, -0.2) is 11.7 Å². The van der Waals surface area contributed by atoms with Crippen molar-refractivity contribution in [3.8, 4) is 0 Å².